The highest BCUT2D eigenvalue weighted by atomic mass is 35.5. The quantitative estimate of drug-likeness (QED) is 0.448. The molecule has 0 heterocycles. The van der Waals surface area contributed by atoms with Gasteiger partial charge in [-0.25, -0.2) is 18.3 Å². The number of anilines is 1. The van der Waals surface area contributed by atoms with E-state index in [0.29, 0.717) is 0 Å². The third-order valence-corrected chi connectivity index (χ3v) is 5.00. The molecule has 0 aliphatic heterocycles. The lowest BCUT2D eigenvalue weighted by atomic mass is 10.1. The van der Waals surface area contributed by atoms with Gasteiger partial charge in [0.1, 0.15) is 5.82 Å². The Morgan fingerprint density at radius 3 is 2.55 bits per heavy atom. The smallest absolute Gasteiger partial charge is 0.278 e. The van der Waals surface area contributed by atoms with Crippen LogP contribution in [-0.2, 0) is 9.84 Å². The second kappa shape index (κ2) is 5.91. The zero-order valence-corrected chi connectivity index (χ0v) is 12.5. The zero-order valence-electron chi connectivity index (χ0n) is 10.9. The fourth-order valence-electron chi connectivity index (χ4n) is 1.86. The summed E-state index contributed by atoms with van der Waals surface area (Å²) in [7, 11) is -4.16. The summed E-state index contributed by atoms with van der Waals surface area (Å²) < 4.78 is 38.2. The van der Waals surface area contributed by atoms with Crippen molar-refractivity contribution < 1.29 is 22.8 Å². The van der Waals surface area contributed by atoms with Crippen LogP contribution in [-0.4, -0.2) is 19.5 Å². The lowest BCUT2D eigenvalue weighted by Crippen LogP contribution is -2.21. The average Bonchev–Trinajstić information content (AvgIpc) is 2.46. The number of hydrogen-bond donors (Lipinski definition) is 3. The summed E-state index contributed by atoms with van der Waals surface area (Å²) >= 11 is 5.79. The van der Waals surface area contributed by atoms with Gasteiger partial charge in [0.25, 0.3) is 5.91 Å². The molecule has 6 nitrogen and oxygen atoms in total. The lowest BCUT2D eigenvalue weighted by Gasteiger charge is -2.12. The second-order valence-electron chi connectivity index (χ2n) is 4.24. The highest BCUT2D eigenvalue weighted by Crippen LogP contribution is 2.32. The van der Waals surface area contributed by atoms with Crippen molar-refractivity contribution in [2.45, 2.75) is 9.79 Å². The zero-order chi connectivity index (χ0) is 16.5. The summed E-state index contributed by atoms with van der Waals surface area (Å²) in [5.74, 6) is -1.79. The molecule has 0 saturated heterocycles. The molecule has 2 aromatic rings. The van der Waals surface area contributed by atoms with E-state index in [-0.39, 0.29) is 15.5 Å². The molecule has 0 saturated carbocycles. The molecule has 0 spiro atoms. The first kappa shape index (κ1) is 16.2. The maximum atomic E-state index is 13.2. The fourth-order valence-corrected chi connectivity index (χ4v) is 3.52. The number of hydroxylamine groups is 1. The molecule has 0 bridgehead atoms. The van der Waals surface area contributed by atoms with E-state index in [1.54, 1.807) is 0 Å². The van der Waals surface area contributed by atoms with Crippen molar-refractivity contribution in [3.63, 3.8) is 0 Å². The van der Waals surface area contributed by atoms with Crippen LogP contribution in [0.3, 0.4) is 0 Å². The van der Waals surface area contributed by atoms with Crippen LogP contribution in [0.25, 0.3) is 0 Å². The highest BCUT2D eigenvalue weighted by molar-refractivity contribution is 7.91. The van der Waals surface area contributed by atoms with Crippen LogP contribution in [0.5, 0.6) is 0 Å². The molecule has 0 aromatic heterocycles. The third kappa shape index (κ3) is 2.76. The Kier molecular flexibility index (Phi) is 4.36. The Morgan fingerprint density at radius 2 is 1.95 bits per heavy atom. The molecule has 0 radical (unpaired) electrons. The van der Waals surface area contributed by atoms with Gasteiger partial charge in [-0.1, -0.05) is 17.7 Å². The maximum Gasteiger partial charge on any atom is 0.278 e. The van der Waals surface area contributed by atoms with Crippen LogP contribution >= 0.6 is 11.6 Å². The number of sulfone groups is 1. The molecule has 0 aliphatic rings. The van der Waals surface area contributed by atoms with Crippen molar-refractivity contribution in [1.82, 2.24) is 5.48 Å². The van der Waals surface area contributed by atoms with E-state index in [9.17, 15) is 17.6 Å². The lowest BCUT2D eigenvalue weighted by molar-refractivity contribution is 0.0707. The average molecular weight is 345 g/mol. The molecule has 1 amide bonds. The normalized spacial score (nSPS) is 11.2. The predicted molar refractivity (Wildman–Crippen MR) is 77.0 cm³/mol. The molecule has 2 rings (SSSR count). The van der Waals surface area contributed by atoms with E-state index in [1.165, 1.54) is 17.6 Å². The van der Waals surface area contributed by atoms with E-state index < -0.39 is 32.1 Å². The first-order chi connectivity index (χ1) is 10.3. The minimum Gasteiger partial charge on any atom is -0.397 e. The van der Waals surface area contributed by atoms with Gasteiger partial charge in [-0.3, -0.25) is 10.0 Å². The Hall–Kier alpha value is -2.16. The van der Waals surface area contributed by atoms with Gasteiger partial charge in [0.2, 0.25) is 9.84 Å². The summed E-state index contributed by atoms with van der Waals surface area (Å²) in [5.41, 5.74) is 6.20. The van der Waals surface area contributed by atoms with Gasteiger partial charge in [0.15, 0.2) is 0 Å². The van der Waals surface area contributed by atoms with Gasteiger partial charge in [0, 0.05) is 0 Å². The Morgan fingerprint density at radius 1 is 1.27 bits per heavy atom. The molecule has 0 atom stereocenters. The molecule has 9 heteroatoms. The number of amides is 1. The topological polar surface area (TPSA) is 109 Å². The van der Waals surface area contributed by atoms with Crippen LogP contribution in [0.4, 0.5) is 10.1 Å². The number of nitrogen functional groups attached to an aromatic ring is 1. The molecule has 4 N–H and O–H groups in total. The minimum absolute atomic E-state index is 0.137. The van der Waals surface area contributed by atoms with Gasteiger partial charge >= 0.3 is 0 Å². The van der Waals surface area contributed by atoms with Crippen molar-refractivity contribution >= 4 is 33.0 Å². The molecule has 0 fully saturated rings. The predicted octanol–water partition coefficient (Wildman–Crippen LogP) is 2.01. The third-order valence-electron chi connectivity index (χ3n) is 2.88. The first-order valence-corrected chi connectivity index (χ1v) is 7.68. The maximum absolute atomic E-state index is 13.2. The number of hydrogen-bond acceptors (Lipinski definition) is 5. The van der Waals surface area contributed by atoms with Crippen LogP contribution < -0.4 is 11.2 Å². The molecule has 0 aliphatic carbocycles. The standard InChI is InChI=1S/C13H10ClFN2O4S/c14-9-4-5-10(12(16)11(9)13(18)17-19)22(20,21)8-3-1-2-7(15)6-8/h1-6,19H,16H2,(H,17,18). The van der Waals surface area contributed by atoms with Crippen molar-refractivity contribution in [1.29, 1.82) is 0 Å². The first-order valence-electron chi connectivity index (χ1n) is 5.82. The van der Waals surface area contributed by atoms with Gasteiger partial charge in [-0.05, 0) is 30.3 Å². The summed E-state index contributed by atoms with van der Waals surface area (Å²) in [6.07, 6.45) is 0. The van der Waals surface area contributed by atoms with Crippen LogP contribution in [0, 0.1) is 5.82 Å². The second-order valence-corrected chi connectivity index (χ2v) is 6.56. The van der Waals surface area contributed by atoms with Crippen LogP contribution in [0.1, 0.15) is 10.4 Å². The van der Waals surface area contributed by atoms with E-state index in [4.69, 9.17) is 22.5 Å². The van der Waals surface area contributed by atoms with Gasteiger partial charge in [0.05, 0.1) is 26.1 Å². The number of nitrogens with two attached hydrogens (primary N) is 1. The highest BCUT2D eigenvalue weighted by Gasteiger charge is 2.26. The van der Waals surface area contributed by atoms with Crippen molar-refractivity contribution in [2.24, 2.45) is 0 Å². The molecule has 116 valence electrons. The Labute approximate surface area is 130 Å². The Bertz CT molecular complexity index is 855. The summed E-state index contributed by atoms with van der Waals surface area (Å²) in [6, 6.07) is 6.60. The van der Waals surface area contributed by atoms with Crippen molar-refractivity contribution in [3.8, 4) is 0 Å². The van der Waals surface area contributed by atoms with Crippen LogP contribution in [0.2, 0.25) is 5.02 Å². The summed E-state index contributed by atoms with van der Waals surface area (Å²) in [6.45, 7) is 0. The fraction of sp³-hybridized carbons (Fsp3) is 0. The van der Waals surface area contributed by atoms with Crippen LogP contribution in [0.15, 0.2) is 46.2 Å². The molecule has 22 heavy (non-hydrogen) atoms. The monoisotopic (exact) mass is 344 g/mol. The number of nitrogens with one attached hydrogen (secondary N) is 1. The van der Waals surface area contributed by atoms with E-state index >= 15 is 0 Å². The number of rotatable bonds is 3. The van der Waals surface area contributed by atoms with Gasteiger partial charge in [-0.2, -0.15) is 0 Å². The molecular formula is C13H10ClFN2O4S. The molecule has 0 unspecified atom stereocenters. The number of benzene rings is 2. The number of halogens is 2. The van der Waals surface area contributed by atoms with Gasteiger partial charge < -0.3 is 5.73 Å². The molecule has 2 aromatic carbocycles. The van der Waals surface area contributed by atoms with E-state index in [2.05, 4.69) is 0 Å². The van der Waals surface area contributed by atoms with Gasteiger partial charge in [-0.15, -0.1) is 0 Å². The van der Waals surface area contributed by atoms with E-state index in [1.807, 2.05) is 0 Å². The Balaban J connectivity index is 2.70. The minimum atomic E-state index is -4.16. The van der Waals surface area contributed by atoms with Crippen molar-refractivity contribution in [2.75, 3.05) is 5.73 Å². The number of carbonyl (C=O) groups is 1. The summed E-state index contributed by atoms with van der Waals surface area (Å²) in [5, 5.41) is 8.53. The van der Waals surface area contributed by atoms with Crippen molar-refractivity contribution in [3.05, 3.63) is 52.8 Å². The number of carbonyl (C=O) groups excluding carboxylic acids is 1. The van der Waals surface area contributed by atoms with E-state index in [0.717, 1.165) is 24.3 Å². The molecular weight excluding hydrogens is 335 g/mol. The SMILES string of the molecule is Nc1c(S(=O)(=O)c2cccc(F)c2)ccc(Cl)c1C(=O)NO. The summed E-state index contributed by atoms with van der Waals surface area (Å²) in [4.78, 5) is 10.8. The largest absolute Gasteiger partial charge is 0.397 e.